The van der Waals surface area contributed by atoms with Gasteiger partial charge in [0, 0.05) is 19.4 Å². The summed E-state index contributed by atoms with van der Waals surface area (Å²) in [6, 6.07) is 0. The molecule has 1 atom stereocenters. The van der Waals surface area contributed by atoms with Crippen molar-refractivity contribution in [2.75, 3.05) is 32.6 Å². The van der Waals surface area contributed by atoms with Gasteiger partial charge in [0.1, 0.15) is 0 Å². The zero-order valence-corrected chi connectivity index (χ0v) is 16.9. The van der Waals surface area contributed by atoms with Crippen molar-refractivity contribution in [2.24, 2.45) is 5.92 Å². The van der Waals surface area contributed by atoms with Crippen LogP contribution in [0.1, 0.15) is 38.3 Å². The molecule has 2 fully saturated rings. The number of imidazole rings is 1. The Morgan fingerprint density at radius 3 is 2.67 bits per heavy atom. The quantitative estimate of drug-likeness (QED) is 0.637. The zero-order valence-electron chi connectivity index (χ0n) is 16.1. The number of sulfone groups is 1. The summed E-state index contributed by atoms with van der Waals surface area (Å²) in [5, 5.41) is 0.106. The molecule has 3 rings (SSSR count). The molecule has 2 aliphatic heterocycles. The SMILES string of the molecule is CCOC(=O)C1CCN(Cc2cnc(S(C)(=O)=O)n2C[C@@H]2CCCO2)CC1. The Bertz CT molecular complexity index is 747. The number of likely N-dealkylation sites (tertiary alicyclic amines) is 1. The van der Waals surface area contributed by atoms with E-state index in [4.69, 9.17) is 9.47 Å². The van der Waals surface area contributed by atoms with Gasteiger partial charge in [-0.15, -0.1) is 0 Å². The van der Waals surface area contributed by atoms with Gasteiger partial charge in [0.2, 0.25) is 15.0 Å². The fourth-order valence-electron chi connectivity index (χ4n) is 3.82. The minimum Gasteiger partial charge on any atom is -0.466 e. The van der Waals surface area contributed by atoms with Crippen molar-refractivity contribution in [2.45, 2.75) is 57.0 Å². The van der Waals surface area contributed by atoms with Crippen molar-refractivity contribution < 1.29 is 22.7 Å². The van der Waals surface area contributed by atoms with Crippen LogP contribution in [0.5, 0.6) is 0 Å². The second-order valence-electron chi connectivity index (χ2n) is 7.35. The van der Waals surface area contributed by atoms with Gasteiger partial charge >= 0.3 is 5.97 Å². The van der Waals surface area contributed by atoms with E-state index >= 15 is 0 Å². The number of hydrogen-bond acceptors (Lipinski definition) is 7. The number of ether oxygens (including phenoxy) is 2. The molecule has 0 aliphatic carbocycles. The van der Waals surface area contributed by atoms with Crippen molar-refractivity contribution in [3.8, 4) is 0 Å². The van der Waals surface area contributed by atoms with E-state index in [1.54, 1.807) is 10.8 Å². The van der Waals surface area contributed by atoms with Crippen LogP contribution in [0.2, 0.25) is 0 Å². The molecule has 9 heteroatoms. The number of piperidine rings is 1. The third-order valence-corrected chi connectivity index (χ3v) is 6.23. The summed E-state index contributed by atoms with van der Waals surface area (Å²) in [7, 11) is -3.40. The molecule has 8 nitrogen and oxygen atoms in total. The number of esters is 1. The molecule has 0 spiro atoms. The smallest absolute Gasteiger partial charge is 0.309 e. The van der Waals surface area contributed by atoms with E-state index in [1.807, 2.05) is 6.92 Å². The summed E-state index contributed by atoms with van der Waals surface area (Å²) in [6.07, 6.45) is 6.34. The van der Waals surface area contributed by atoms with E-state index in [-0.39, 0.29) is 23.1 Å². The van der Waals surface area contributed by atoms with Gasteiger partial charge in [-0.1, -0.05) is 0 Å². The number of nitrogens with zero attached hydrogens (tertiary/aromatic N) is 3. The molecule has 0 saturated carbocycles. The highest BCUT2D eigenvalue weighted by Crippen LogP contribution is 2.23. The molecule has 0 amide bonds. The van der Waals surface area contributed by atoms with E-state index in [1.165, 1.54) is 6.26 Å². The summed E-state index contributed by atoms with van der Waals surface area (Å²) >= 11 is 0. The molecule has 3 heterocycles. The first-order valence-electron chi connectivity index (χ1n) is 9.63. The maximum atomic E-state index is 12.1. The minimum absolute atomic E-state index is 0.0352. The Hall–Kier alpha value is -1.45. The van der Waals surface area contributed by atoms with E-state index in [9.17, 15) is 13.2 Å². The van der Waals surface area contributed by atoms with E-state index in [2.05, 4.69) is 9.88 Å². The van der Waals surface area contributed by atoms with Crippen LogP contribution in [-0.2, 0) is 37.2 Å². The number of carbonyl (C=O) groups is 1. The van der Waals surface area contributed by atoms with Gasteiger partial charge in [0.25, 0.3) is 0 Å². The lowest BCUT2D eigenvalue weighted by Gasteiger charge is -2.31. The molecule has 0 unspecified atom stereocenters. The summed E-state index contributed by atoms with van der Waals surface area (Å²) in [5.74, 6) is -0.149. The van der Waals surface area contributed by atoms with E-state index < -0.39 is 9.84 Å². The van der Waals surface area contributed by atoms with Crippen LogP contribution in [0.25, 0.3) is 0 Å². The van der Waals surface area contributed by atoms with Gasteiger partial charge in [-0.2, -0.15) is 0 Å². The first-order valence-corrected chi connectivity index (χ1v) is 11.5. The molecular formula is C18H29N3O5S. The van der Waals surface area contributed by atoms with Crippen LogP contribution in [-0.4, -0.2) is 67.5 Å². The molecule has 2 aliphatic rings. The van der Waals surface area contributed by atoms with Crippen LogP contribution in [0.15, 0.2) is 11.4 Å². The normalized spacial score (nSPS) is 22.2. The Kier molecular flexibility index (Phi) is 6.54. The Balaban J connectivity index is 1.68. The Morgan fingerprint density at radius 1 is 1.33 bits per heavy atom. The molecule has 0 radical (unpaired) electrons. The lowest BCUT2D eigenvalue weighted by Crippen LogP contribution is -2.37. The van der Waals surface area contributed by atoms with Gasteiger partial charge in [-0.05, 0) is 45.7 Å². The van der Waals surface area contributed by atoms with Gasteiger partial charge in [-0.3, -0.25) is 9.69 Å². The third kappa shape index (κ3) is 5.08. The molecule has 0 N–H and O–H groups in total. The molecule has 27 heavy (non-hydrogen) atoms. The van der Waals surface area contributed by atoms with Crippen LogP contribution >= 0.6 is 0 Å². The number of hydrogen-bond donors (Lipinski definition) is 0. The van der Waals surface area contributed by atoms with Crippen LogP contribution in [0.4, 0.5) is 0 Å². The zero-order chi connectivity index (χ0) is 19.4. The summed E-state index contributed by atoms with van der Waals surface area (Å²) in [6.45, 7) is 5.65. The predicted octanol–water partition coefficient (Wildman–Crippen LogP) is 1.24. The number of rotatable bonds is 7. The van der Waals surface area contributed by atoms with E-state index in [0.29, 0.717) is 19.7 Å². The fraction of sp³-hybridized carbons (Fsp3) is 0.778. The molecular weight excluding hydrogens is 370 g/mol. The number of carbonyl (C=O) groups excluding carboxylic acids is 1. The van der Waals surface area contributed by atoms with Crippen molar-refractivity contribution in [1.82, 2.24) is 14.5 Å². The van der Waals surface area contributed by atoms with Gasteiger partial charge in [-0.25, -0.2) is 13.4 Å². The molecule has 1 aromatic rings. The minimum atomic E-state index is -3.40. The maximum Gasteiger partial charge on any atom is 0.309 e. The Morgan fingerprint density at radius 2 is 2.07 bits per heavy atom. The third-order valence-electron chi connectivity index (χ3n) is 5.24. The highest BCUT2D eigenvalue weighted by molar-refractivity contribution is 7.90. The molecule has 152 valence electrons. The van der Waals surface area contributed by atoms with Crippen molar-refractivity contribution in [1.29, 1.82) is 0 Å². The van der Waals surface area contributed by atoms with Gasteiger partial charge in [0.05, 0.1) is 37.1 Å². The molecule has 1 aromatic heterocycles. The second kappa shape index (κ2) is 8.70. The lowest BCUT2D eigenvalue weighted by molar-refractivity contribution is -0.149. The second-order valence-corrected chi connectivity index (χ2v) is 9.26. The van der Waals surface area contributed by atoms with Gasteiger partial charge in [0.15, 0.2) is 0 Å². The topological polar surface area (TPSA) is 90.7 Å². The first-order chi connectivity index (χ1) is 12.9. The predicted molar refractivity (Wildman–Crippen MR) is 98.9 cm³/mol. The van der Waals surface area contributed by atoms with Crippen molar-refractivity contribution >= 4 is 15.8 Å². The largest absolute Gasteiger partial charge is 0.466 e. The molecule has 0 aromatic carbocycles. The summed E-state index contributed by atoms with van der Waals surface area (Å²) < 4.78 is 36.9. The maximum absolute atomic E-state index is 12.1. The molecule has 2 saturated heterocycles. The van der Waals surface area contributed by atoms with E-state index in [0.717, 1.165) is 51.1 Å². The highest BCUT2D eigenvalue weighted by Gasteiger charge is 2.28. The van der Waals surface area contributed by atoms with Crippen LogP contribution in [0, 0.1) is 5.92 Å². The highest BCUT2D eigenvalue weighted by atomic mass is 32.2. The summed E-state index contributed by atoms with van der Waals surface area (Å²) in [4.78, 5) is 18.3. The van der Waals surface area contributed by atoms with Gasteiger partial charge < -0.3 is 14.0 Å². The average molecular weight is 400 g/mol. The standard InChI is InChI=1S/C18H29N3O5S/c1-3-25-17(22)14-6-8-20(9-7-14)12-15-11-19-18(27(2,23)24)21(15)13-16-5-4-10-26-16/h11,14,16H,3-10,12-13H2,1-2H3/t16-/m0/s1. The number of aromatic nitrogens is 2. The summed E-state index contributed by atoms with van der Waals surface area (Å²) in [5.41, 5.74) is 0.875. The van der Waals surface area contributed by atoms with Crippen LogP contribution in [0.3, 0.4) is 0 Å². The Labute approximate surface area is 160 Å². The monoisotopic (exact) mass is 399 g/mol. The van der Waals surface area contributed by atoms with Crippen LogP contribution < -0.4 is 0 Å². The van der Waals surface area contributed by atoms with Crippen molar-refractivity contribution in [3.63, 3.8) is 0 Å². The lowest BCUT2D eigenvalue weighted by atomic mass is 9.97. The first kappa shape index (κ1) is 20.3. The molecule has 0 bridgehead atoms. The fourth-order valence-corrected chi connectivity index (χ4v) is 4.65. The average Bonchev–Trinajstić information content (AvgIpc) is 3.26. The van der Waals surface area contributed by atoms with Crippen molar-refractivity contribution in [3.05, 3.63) is 11.9 Å².